The quantitative estimate of drug-likeness (QED) is 0.678. The zero-order chi connectivity index (χ0) is 12.4. The number of nitrogen functional groups attached to an aromatic ring is 1. The van der Waals surface area contributed by atoms with Crippen molar-refractivity contribution < 1.29 is 4.92 Å². The number of nitrogens with two attached hydrogens (primary N) is 1. The second-order valence-corrected chi connectivity index (χ2v) is 4.15. The first kappa shape index (κ1) is 11.5. The molecule has 2 aromatic rings. The number of benzene rings is 1. The Morgan fingerprint density at radius 1 is 1.41 bits per heavy atom. The van der Waals surface area contributed by atoms with Crippen LogP contribution in [0.1, 0.15) is 0 Å². The van der Waals surface area contributed by atoms with Crippen molar-refractivity contribution in [3.05, 3.63) is 45.0 Å². The van der Waals surface area contributed by atoms with Gasteiger partial charge in [0.05, 0.1) is 4.92 Å². The first-order valence-corrected chi connectivity index (χ1v) is 5.40. The molecule has 0 spiro atoms. The predicted molar refractivity (Wildman–Crippen MR) is 66.2 cm³/mol. The minimum absolute atomic E-state index is 0.00516. The predicted octanol–water partition coefficient (Wildman–Crippen LogP) is 2.40. The summed E-state index contributed by atoms with van der Waals surface area (Å²) in [4.78, 5) is 17.9. The van der Waals surface area contributed by atoms with Gasteiger partial charge in [-0.15, -0.1) is 0 Å². The highest BCUT2D eigenvalue weighted by Crippen LogP contribution is 2.29. The smallest absolute Gasteiger partial charge is 0.313 e. The second-order valence-electron chi connectivity index (χ2n) is 3.23. The number of nitro groups is 1. The van der Waals surface area contributed by atoms with Gasteiger partial charge < -0.3 is 5.73 Å². The number of anilines is 1. The molecule has 0 aliphatic rings. The summed E-state index contributed by atoms with van der Waals surface area (Å²) in [5.41, 5.74) is 6.10. The summed E-state index contributed by atoms with van der Waals surface area (Å²) in [6.07, 6.45) is 1.11. The zero-order valence-electron chi connectivity index (χ0n) is 8.50. The summed E-state index contributed by atoms with van der Waals surface area (Å²) in [6, 6.07) is 7.04. The maximum absolute atomic E-state index is 10.9. The Hall–Kier alpha value is -2.02. The van der Waals surface area contributed by atoms with Crippen LogP contribution in [-0.2, 0) is 0 Å². The maximum Gasteiger partial charge on any atom is 0.313 e. The van der Waals surface area contributed by atoms with E-state index in [1.165, 1.54) is 0 Å². The Balaban J connectivity index is 2.65. The van der Waals surface area contributed by atoms with E-state index >= 15 is 0 Å². The molecule has 7 heteroatoms. The van der Waals surface area contributed by atoms with Gasteiger partial charge in [-0.3, -0.25) is 10.1 Å². The van der Waals surface area contributed by atoms with Crippen LogP contribution >= 0.6 is 15.9 Å². The van der Waals surface area contributed by atoms with E-state index < -0.39 is 4.92 Å². The summed E-state index contributed by atoms with van der Waals surface area (Å²) in [7, 11) is 0. The van der Waals surface area contributed by atoms with Crippen LogP contribution < -0.4 is 5.73 Å². The zero-order valence-corrected chi connectivity index (χ0v) is 10.1. The highest BCUT2D eigenvalue weighted by Gasteiger charge is 2.18. The molecule has 1 aromatic carbocycles. The monoisotopic (exact) mass is 294 g/mol. The van der Waals surface area contributed by atoms with E-state index in [4.69, 9.17) is 5.73 Å². The molecular formula is C10H7BrN4O2. The first-order valence-electron chi connectivity index (χ1n) is 4.61. The number of hydrogen-bond acceptors (Lipinski definition) is 5. The van der Waals surface area contributed by atoms with Gasteiger partial charge in [-0.05, 0) is 12.1 Å². The molecule has 0 atom stereocenters. The van der Waals surface area contributed by atoms with Crippen LogP contribution in [-0.4, -0.2) is 14.9 Å². The molecule has 0 fully saturated rings. The van der Waals surface area contributed by atoms with E-state index in [9.17, 15) is 10.1 Å². The van der Waals surface area contributed by atoms with Gasteiger partial charge in [0.2, 0.25) is 5.95 Å². The molecule has 0 bridgehead atoms. The summed E-state index contributed by atoms with van der Waals surface area (Å²) in [6.45, 7) is 0. The lowest BCUT2D eigenvalue weighted by Gasteiger charge is -2.03. The number of halogens is 1. The maximum atomic E-state index is 10.9. The summed E-state index contributed by atoms with van der Waals surface area (Å²) < 4.78 is 0.807. The minimum Gasteiger partial charge on any atom is -0.368 e. The third-order valence-electron chi connectivity index (χ3n) is 2.08. The molecule has 1 heterocycles. The third-order valence-corrected chi connectivity index (χ3v) is 2.58. The van der Waals surface area contributed by atoms with Crippen molar-refractivity contribution in [3.8, 4) is 11.3 Å². The van der Waals surface area contributed by atoms with Gasteiger partial charge in [-0.25, -0.2) is 9.97 Å². The lowest BCUT2D eigenvalue weighted by Crippen LogP contribution is -2.01. The van der Waals surface area contributed by atoms with Crippen LogP contribution in [0, 0.1) is 10.1 Å². The molecular weight excluding hydrogens is 288 g/mol. The molecule has 0 saturated carbocycles. The lowest BCUT2D eigenvalue weighted by atomic mass is 10.1. The molecule has 2 rings (SSSR count). The Labute approximate surface area is 105 Å². The minimum atomic E-state index is -0.532. The SMILES string of the molecule is Nc1ncc([N+](=O)[O-])c(-c2cccc(Br)c2)n1. The van der Waals surface area contributed by atoms with Crippen LogP contribution in [0.5, 0.6) is 0 Å². The van der Waals surface area contributed by atoms with Gasteiger partial charge >= 0.3 is 5.69 Å². The molecule has 17 heavy (non-hydrogen) atoms. The van der Waals surface area contributed by atoms with E-state index in [1.54, 1.807) is 18.2 Å². The van der Waals surface area contributed by atoms with E-state index in [0.29, 0.717) is 5.56 Å². The van der Waals surface area contributed by atoms with Gasteiger partial charge in [-0.1, -0.05) is 28.1 Å². The average Bonchev–Trinajstić information content (AvgIpc) is 2.28. The van der Waals surface area contributed by atoms with E-state index in [1.807, 2.05) is 6.07 Å². The normalized spacial score (nSPS) is 10.2. The topological polar surface area (TPSA) is 94.9 Å². The van der Waals surface area contributed by atoms with Crippen LogP contribution in [0.4, 0.5) is 11.6 Å². The van der Waals surface area contributed by atoms with Crippen molar-refractivity contribution in [1.82, 2.24) is 9.97 Å². The molecule has 2 N–H and O–H groups in total. The van der Waals surface area contributed by atoms with Crippen LogP contribution in [0.2, 0.25) is 0 Å². The summed E-state index contributed by atoms with van der Waals surface area (Å²) in [5.74, 6) is 0.00516. The molecule has 1 aromatic heterocycles. The first-order chi connectivity index (χ1) is 8.08. The fourth-order valence-electron chi connectivity index (χ4n) is 1.37. The average molecular weight is 295 g/mol. The Morgan fingerprint density at radius 2 is 2.18 bits per heavy atom. The molecule has 0 radical (unpaired) electrons. The lowest BCUT2D eigenvalue weighted by molar-refractivity contribution is -0.384. The Morgan fingerprint density at radius 3 is 2.82 bits per heavy atom. The van der Waals surface area contributed by atoms with Crippen molar-refractivity contribution in [2.24, 2.45) is 0 Å². The highest BCUT2D eigenvalue weighted by atomic mass is 79.9. The van der Waals surface area contributed by atoms with Gasteiger partial charge in [-0.2, -0.15) is 0 Å². The number of rotatable bonds is 2. The van der Waals surface area contributed by atoms with Crippen molar-refractivity contribution in [2.75, 3.05) is 5.73 Å². The molecule has 0 amide bonds. The highest BCUT2D eigenvalue weighted by molar-refractivity contribution is 9.10. The van der Waals surface area contributed by atoms with E-state index in [0.717, 1.165) is 10.7 Å². The largest absolute Gasteiger partial charge is 0.368 e. The van der Waals surface area contributed by atoms with Gasteiger partial charge in [0, 0.05) is 10.0 Å². The molecule has 0 aliphatic heterocycles. The van der Waals surface area contributed by atoms with Crippen molar-refractivity contribution in [2.45, 2.75) is 0 Å². The van der Waals surface area contributed by atoms with Crippen molar-refractivity contribution in [3.63, 3.8) is 0 Å². The van der Waals surface area contributed by atoms with Crippen molar-refractivity contribution >= 4 is 27.6 Å². The standard InChI is InChI=1S/C10H7BrN4O2/c11-7-3-1-2-6(4-7)9-8(15(16)17)5-13-10(12)14-9/h1-5H,(H2,12,13,14). The van der Waals surface area contributed by atoms with Gasteiger partial charge in [0.25, 0.3) is 0 Å². The van der Waals surface area contributed by atoms with Crippen LogP contribution in [0.25, 0.3) is 11.3 Å². The second kappa shape index (κ2) is 4.46. The number of nitrogens with zero attached hydrogens (tertiary/aromatic N) is 3. The number of aromatic nitrogens is 2. The molecule has 0 aliphatic carbocycles. The van der Waals surface area contributed by atoms with E-state index in [-0.39, 0.29) is 17.3 Å². The molecule has 86 valence electrons. The van der Waals surface area contributed by atoms with Crippen LogP contribution in [0.3, 0.4) is 0 Å². The molecule has 0 saturated heterocycles. The Bertz CT molecular complexity index is 588. The summed E-state index contributed by atoms with van der Waals surface area (Å²) >= 11 is 3.30. The van der Waals surface area contributed by atoms with Crippen molar-refractivity contribution in [1.29, 1.82) is 0 Å². The van der Waals surface area contributed by atoms with Gasteiger partial charge in [0.1, 0.15) is 6.20 Å². The van der Waals surface area contributed by atoms with E-state index in [2.05, 4.69) is 25.9 Å². The Kier molecular flexibility index (Phi) is 3.01. The molecule has 0 unspecified atom stereocenters. The fraction of sp³-hybridized carbons (Fsp3) is 0. The summed E-state index contributed by atoms with van der Waals surface area (Å²) in [5, 5.41) is 10.9. The number of hydrogen-bond donors (Lipinski definition) is 1. The third kappa shape index (κ3) is 2.39. The molecule has 6 nitrogen and oxygen atoms in total. The van der Waals surface area contributed by atoms with Gasteiger partial charge in [0.15, 0.2) is 5.69 Å². The van der Waals surface area contributed by atoms with Crippen LogP contribution in [0.15, 0.2) is 34.9 Å². The fourth-order valence-corrected chi connectivity index (χ4v) is 1.77.